The Kier molecular flexibility index (Phi) is 4.60. The molecule has 3 nitrogen and oxygen atoms in total. The van der Waals surface area contributed by atoms with Crippen molar-refractivity contribution >= 4 is 12.4 Å². The summed E-state index contributed by atoms with van der Waals surface area (Å²) in [7, 11) is 0. The number of fused-ring (bicyclic) bond motifs is 1. The third kappa shape index (κ3) is 3.02. The molecule has 2 fully saturated rings. The van der Waals surface area contributed by atoms with E-state index in [1.54, 1.807) is 0 Å². The summed E-state index contributed by atoms with van der Waals surface area (Å²) in [6.45, 7) is 6.80. The second-order valence-corrected chi connectivity index (χ2v) is 5.44. The molecule has 0 aromatic carbocycles. The van der Waals surface area contributed by atoms with Crippen molar-refractivity contribution in [3.8, 4) is 0 Å². The Morgan fingerprint density at radius 3 is 3.06 bits per heavy atom. The zero-order valence-electron chi connectivity index (χ0n) is 10.9. The van der Waals surface area contributed by atoms with E-state index in [-0.39, 0.29) is 12.4 Å². The second-order valence-electron chi connectivity index (χ2n) is 5.44. The molecule has 0 spiro atoms. The molecule has 3 heterocycles. The van der Waals surface area contributed by atoms with Gasteiger partial charge in [-0.2, -0.15) is 0 Å². The number of likely N-dealkylation sites (tertiary alicyclic amines) is 1. The van der Waals surface area contributed by atoms with Gasteiger partial charge >= 0.3 is 0 Å². The fourth-order valence-corrected chi connectivity index (χ4v) is 3.12. The molecule has 0 bridgehead atoms. The minimum atomic E-state index is 0. The van der Waals surface area contributed by atoms with E-state index in [0.29, 0.717) is 0 Å². The van der Waals surface area contributed by atoms with Gasteiger partial charge in [0.15, 0.2) is 0 Å². The van der Waals surface area contributed by atoms with Crippen molar-refractivity contribution in [2.45, 2.75) is 32.4 Å². The van der Waals surface area contributed by atoms with Crippen molar-refractivity contribution in [2.24, 2.45) is 5.92 Å². The van der Waals surface area contributed by atoms with Crippen molar-refractivity contribution in [2.75, 3.05) is 19.6 Å². The van der Waals surface area contributed by atoms with E-state index in [1.165, 1.54) is 38.0 Å². The molecule has 3 rings (SSSR count). The molecule has 0 radical (unpaired) electrons. The number of hydrogen-bond donors (Lipinski definition) is 1. The first-order valence-corrected chi connectivity index (χ1v) is 6.68. The van der Waals surface area contributed by atoms with Crippen LogP contribution in [0.3, 0.4) is 0 Å². The Hall–Kier alpha value is -0.640. The minimum absolute atomic E-state index is 0. The molecule has 2 aliphatic heterocycles. The van der Waals surface area contributed by atoms with E-state index in [0.717, 1.165) is 24.2 Å². The molecule has 0 amide bonds. The van der Waals surface area contributed by atoms with E-state index < -0.39 is 0 Å². The van der Waals surface area contributed by atoms with Crippen LogP contribution in [0.1, 0.15) is 24.1 Å². The van der Waals surface area contributed by atoms with E-state index >= 15 is 0 Å². The highest BCUT2D eigenvalue weighted by Crippen LogP contribution is 2.25. The first-order chi connectivity index (χ1) is 8.31. The highest BCUT2D eigenvalue weighted by molar-refractivity contribution is 5.85. The summed E-state index contributed by atoms with van der Waals surface area (Å²) < 4.78 is 0. The van der Waals surface area contributed by atoms with E-state index in [1.807, 2.05) is 13.1 Å². The van der Waals surface area contributed by atoms with Crippen LogP contribution in [0.4, 0.5) is 0 Å². The predicted molar refractivity (Wildman–Crippen MR) is 76.0 cm³/mol. The van der Waals surface area contributed by atoms with Crippen LogP contribution in [0.2, 0.25) is 0 Å². The smallest absolute Gasteiger partial charge is 0.0372 e. The molecule has 1 aromatic heterocycles. The molecule has 2 aliphatic rings. The molecule has 1 aromatic rings. The van der Waals surface area contributed by atoms with Crippen LogP contribution < -0.4 is 5.32 Å². The number of aryl methyl sites for hydroxylation is 1. The van der Waals surface area contributed by atoms with Crippen molar-refractivity contribution < 1.29 is 0 Å². The van der Waals surface area contributed by atoms with Gasteiger partial charge in [0, 0.05) is 31.0 Å². The van der Waals surface area contributed by atoms with Gasteiger partial charge < -0.3 is 5.32 Å². The van der Waals surface area contributed by atoms with Gasteiger partial charge in [-0.3, -0.25) is 9.88 Å². The number of piperidine rings is 1. The van der Waals surface area contributed by atoms with Gasteiger partial charge in [-0.1, -0.05) is 6.07 Å². The van der Waals surface area contributed by atoms with Gasteiger partial charge in [-0.15, -0.1) is 12.4 Å². The molecule has 100 valence electrons. The van der Waals surface area contributed by atoms with E-state index in [2.05, 4.69) is 27.3 Å². The summed E-state index contributed by atoms with van der Waals surface area (Å²) in [5.41, 5.74) is 2.45. The van der Waals surface area contributed by atoms with Crippen molar-refractivity contribution in [1.82, 2.24) is 15.2 Å². The summed E-state index contributed by atoms with van der Waals surface area (Å²) in [6, 6.07) is 5.11. The Morgan fingerprint density at radius 1 is 1.39 bits per heavy atom. The van der Waals surface area contributed by atoms with Crippen molar-refractivity contribution in [1.29, 1.82) is 0 Å². The minimum Gasteiger partial charge on any atom is -0.314 e. The van der Waals surface area contributed by atoms with Crippen LogP contribution in [0, 0.1) is 12.8 Å². The highest BCUT2D eigenvalue weighted by Gasteiger charge is 2.32. The monoisotopic (exact) mass is 267 g/mol. The van der Waals surface area contributed by atoms with Gasteiger partial charge in [0.25, 0.3) is 0 Å². The average molecular weight is 268 g/mol. The van der Waals surface area contributed by atoms with Crippen molar-refractivity contribution in [3.63, 3.8) is 0 Å². The fourth-order valence-electron chi connectivity index (χ4n) is 3.12. The first-order valence-electron chi connectivity index (χ1n) is 6.68. The molecule has 2 atom stereocenters. The van der Waals surface area contributed by atoms with Gasteiger partial charge in [0.2, 0.25) is 0 Å². The number of nitrogens with zero attached hydrogens (tertiary/aromatic N) is 2. The highest BCUT2D eigenvalue weighted by atomic mass is 35.5. The number of nitrogens with one attached hydrogen (secondary N) is 1. The number of aromatic nitrogens is 1. The molecule has 0 saturated carbocycles. The van der Waals surface area contributed by atoms with Crippen molar-refractivity contribution in [3.05, 3.63) is 29.6 Å². The predicted octanol–water partition coefficient (Wildman–Crippen LogP) is 2.00. The zero-order chi connectivity index (χ0) is 11.7. The SMILES string of the molecule is Cc1ccc(CN2CCC3NCCC3C2)cn1.Cl. The number of rotatable bonds is 2. The molecule has 1 N–H and O–H groups in total. The van der Waals surface area contributed by atoms with Crippen LogP contribution in [0.5, 0.6) is 0 Å². The Labute approximate surface area is 115 Å². The second kappa shape index (κ2) is 6.00. The number of pyridine rings is 1. The summed E-state index contributed by atoms with van der Waals surface area (Å²) in [5.74, 6) is 0.877. The lowest BCUT2D eigenvalue weighted by Crippen LogP contribution is -2.43. The Bertz CT molecular complexity index is 379. The van der Waals surface area contributed by atoms with E-state index in [9.17, 15) is 0 Å². The molecular weight excluding hydrogens is 246 g/mol. The molecule has 0 aliphatic carbocycles. The molecule has 18 heavy (non-hydrogen) atoms. The molecule has 2 saturated heterocycles. The molecular formula is C14H22ClN3. The standard InChI is InChI=1S/C14H21N3.ClH/c1-11-2-3-12(8-16-11)9-17-7-5-14-13(10-17)4-6-15-14;/h2-3,8,13-15H,4-7,9-10H2,1H3;1H. The topological polar surface area (TPSA) is 28.2 Å². The lowest BCUT2D eigenvalue weighted by atomic mass is 9.93. The van der Waals surface area contributed by atoms with Gasteiger partial charge in [0.05, 0.1) is 0 Å². The first kappa shape index (κ1) is 13.8. The van der Waals surface area contributed by atoms with Gasteiger partial charge in [-0.25, -0.2) is 0 Å². The van der Waals surface area contributed by atoms with Crippen LogP contribution in [0.25, 0.3) is 0 Å². The normalized spacial score (nSPS) is 27.6. The number of hydrogen-bond acceptors (Lipinski definition) is 3. The summed E-state index contributed by atoms with van der Waals surface area (Å²) in [5, 5.41) is 3.61. The Balaban J connectivity index is 0.00000120. The van der Waals surface area contributed by atoms with Gasteiger partial charge in [-0.05, 0) is 50.4 Å². The lowest BCUT2D eigenvalue weighted by molar-refractivity contribution is 0.156. The lowest BCUT2D eigenvalue weighted by Gasteiger charge is -2.34. The summed E-state index contributed by atoms with van der Waals surface area (Å²) >= 11 is 0. The number of halogens is 1. The zero-order valence-corrected chi connectivity index (χ0v) is 11.7. The maximum atomic E-state index is 4.37. The summed E-state index contributed by atoms with van der Waals surface area (Å²) in [4.78, 5) is 6.96. The van der Waals surface area contributed by atoms with Crippen LogP contribution in [-0.2, 0) is 6.54 Å². The summed E-state index contributed by atoms with van der Waals surface area (Å²) in [6.07, 6.45) is 4.69. The third-order valence-electron chi connectivity index (χ3n) is 4.12. The largest absolute Gasteiger partial charge is 0.314 e. The van der Waals surface area contributed by atoms with Crippen LogP contribution in [0.15, 0.2) is 18.3 Å². The average Bonchev–Trinajstić information content (AvgIpc) is 2.79. The van der Waals surface area contributed by atoms with E-state index in [4.69, 9.17) is 0 Å². The van der Waals surface area contributed by atoms with Crippen LogP contribution >= 0.6 is 12.4 Å². The molecule has 4 heteroatoms. The Morgan fingerprint density at radius 2 is 2.28 bits per heavy atom. The maximum absolute atomic E-state index is 4.37. The van der Waals surface area contributed by atoms with Gasteiger partial charge in [0.1, 0.15) is 0 Å². The third-order valence-corrected chi connectivity index (χ3v) is 4.12. The maximum Gasteiger partial charge on any atom is 0.0372 e. The van der Waals surface area contributed by atoms with Crippen LogP contribution in [-0.4, -0.2) is 35.6 Å². The fraction of sp³-hybridized carbons (Fsp3) is 0.643. The quantitative estimate of drug-likeness (QED) is 0.888. The molecule has 2 unspecified atom stereocenters.